The molecule has 1 N–H and O–H groups in total. The number of ether oxygens (including phenoxy) is 2. The largest absolute Gasteiger partial charge is 0.381 e. The first-order valence-corrected chi connectivity index (χ1v) is 8.21. The van der Waals surface area contributed by atoms with Crippen LogP contribution >= 0.6 is 0 Å². The highest BCUT2D eigenvalue weighted by Crippen LogP contribution is 2.26. The summed E-state index contributed by atoms with van der Waals surface area (Å²) in [6, 6.07) is 0.475. The molecule has 21 heavy (non-hydrogen) atoms. The van der Waals surface area contributed by atoms with Gasteiger partial charge in [0.2, 0.25) is 0 Å². The molecule has 1 unspecified atom stereocenters. The Balaban J connectivity index is 1.65. The first-order valence-electron chi connectivity index (χ1n) is 8.21. The molecule has 1 saturated heterocycles. The van der Waals surface area contributed by atoms with Gasteiger partial charge in [-0.2, -0.15) is 5.10 Å². The van der Waals surface area contributed by atoms with Crippen LogP contribution < -0.4 is 5.32 Å². The second-order valence-electron chi connectivity index (χ2n) is 6.49. The third kappa shape index (κ3) is 3.84. The predicted octanol–water partition coefficient (Wildman–Crippen LogP) is 1.92. The normalized spacial score (nSPS) is 23.5. The Bertz CT molecular complexity index is 452. The highest BCUT2D eigenvalue weighted by atomic mass is 16.5. The Hall–Kier alpha value is -0.910. The highest BCUT2D eigenvalue weighted by molar-refractivity contribution is 5.22. The molecule has 0 bridgehead atoms. The lowest BCUT2D eigenvalue weighted by molar-refractivity contribution is 0.0378. The van der Waals surface area contributed by atoms with E-state index in [1.165, 1.54) is 5.56 Å². The van der Waals surface area contributed by atoms with Crippen molar-refractivity contribution < 1.29 is 9.47 Å². The van der Waals surface area contributed by atoms with Crippen LogP contribution in [-0.4, -0.2) is 42.2 Å². The standard InChI is InChI=1S/C16H27N3O2/c1-12(2)17-9-15-16-14(5-8-21-15)11-19(18-16)10-13-3-6-20-7-4-13/h11-13,15,17H,3-10H2,1-2H3. The van der Waals surface area contributed by atoms with Crippen molar-refractivity contribution in [3.05, 3.63) is 17.5 Å². The van der Waals surface area contributed by atoms with Crippen LogP contribution in [0.2, 0.25) is 0 Å². The molecular weight excluding hydrogens is 266 g/mol. The minimum Gasteiger partial charge on any atom is -0.381 e. The van der Waals surface area contributed by atoms with E-state index in [1.807, 2.05) is 0 Å². The van der Waals surface area contributed by atoms with E-state index in [-0.39, 0.29) is 6.10 Å². The van der Waals surface area contributed by atoms with Gasteiger partial charge in [-0.25, -0.2) is 0 Å². The van der Waals surface area contributed by atoms with Crippen LogP contribution in [0.3, 0.4) is 0 Å². The summed E-state index contributed by atoms with van der Waals surface area (Å²) in [5.74, 6) is 0.702. The third-order valence-corrected chi connectivity index (χ3v) is 4.36. The van der Waals surface area contributed by atoms with Gasteiger partial charge in [-0.05, 0) is 30.7 Å². The summed E-state index contributed by atoms with van der Waals surface area (Å²) in [6.45, 7) is 8.78. The maximum Gasteiger partial charge on any atom is 0.114 e. The van der Waals surface area contributed by atoms with Crippen LogP contribution in [0.5, 0.6) is 0 Å². The first kappa shape index (κ1) is 15.0. The molecule has 3 heterocycles. The quantitative estimate of drug-likeness (QED) is 0.901. The lowest BCUT2D eigenvalue weighted by Gasteiger charge is -2.23. The zero-order valence-corrected chi connectivity index (χ0v) is 13.2. The number of fused-ring (bicyclic) bond motifs is 1. The molecule has 1 aromatic rings. The van der Waals surface area contributed by atoms with Crippen molar-refractivity contribution in [1.82, 2.24) is 15.1 Å². The van der Waals surface area contributed by atoms with Crippen LogP contribution in [0.1, 0.15) is 44.1 Å². The van der Waals surface area contributed by atoms with Crippen LogP contribution in [0.15, 0.2) is 6.20 Å². The van der Waals surface area contributed by atoms with Crippen molar-refractivity contribution in [1.29, 1.82) is 0 Å². The second-order valence-corrected chi connectivity index (χ2v) is 6.49. The fourth-order valence-electron chi connectivity index (χ4n) is 3.12. The Kier molecular flexibility index (Phi) is 4.93. The summed E-state index contributed by atoms with van der Waals surface area (Å²) in [7, 11) is 0. The summed E-state index contributed by atoms with van der Waals surface area (Å²) in [5, 5.41) is 8.27. The predicted molar refractivity (Wildman–Crippen MR) is 81.3 cm³/mol. The van der Waals surface area contributed by atoms with Gasteiger partial charge in [-0.15, -0.1) is 0 Å². The van der Waals surface area contributed by atoms with E-state index in [2.05, 4.69) is 30.0 Å². The monoisotopic (exact) mass is 293 g/mol. The molecule has 0 aliphatic carbocycles. The van der Waals surface area contributed by atoms with E-state index >= 15 is 0 Å². The molecule has 1 atom stereocenters. The van der Waals surface area contributed by atoms with Gasteiger partial charge in [-0.1, -0.05) is 13.8 Å². The summed E-state index contributed by atoms with van der Waals surface area (Å²) < 4.78 is 13.5. The summed E-state index contributed by atoms with van der Waals surface area (Å²) in [5.41, 5.74) is 2.50. The Morgan fingerprint density at radius 1 is 1.33 bits per heavy atom. The van der Waals surface area contributed by atoms with Gasteiger partial charge in [0.15, 0.2) is 0 Å². The molecule has 1 fully saturated rings. The van der Waals surface area contributed by atoms with Crippen molar-refractivity contribution >= 4 is 0 Å². The van der Waals surface area contributed by atoms with Gasteiger partial charge in [0, 0.05) is 38.5 Å². The van der Waals surface area contributed by atoms with E-state index in [1.54, 1.807) is 0 Å². The lowest BCUT2D eigenvalue weighted by Crippen LogP contribution is -2.31. The third-order valence-electron chi connectivity index (χ3n) is 4.36. The van der Waals surface area contributed by atoms with Crippen molar-refractivity contribution in [2.75, 3.05) is 26.4 Å². The number of hydrogen-bond donors (Lipinski definition) is 1. The average Bonchev–Trinajstić information content (AvgIpc) is 2.89. The number of rotatable bonds is 5. The van der Waals surface area contributed by atoms with Crippen molar-refractivity contribution in [3.8, 4) is 0 Å². The molecule has 2 aliphatic rings. The van der Waals surface area contributed by atoms with Crippen LogP contribution in [0, 0.1) is 5.92 Å². The van der Waals surface area contributed by atoms with E-state index in [0.717, 1.165) is 57.9 Å². The zero-order chi connectivity index (χ0) is 14.7. The Morgan fingerprint density at radius 2 is 2.14 bits per heavy atom. The molecule has 5 heteroatoms. The average molecular weight is 293 g/mol. The molecule has 1 aromatic heterocycles. The summed E-state index contributed by atoms with van der Waals surface area (Å²) in [6.07, 6.45) is 5.63. The van der Waals surface area contributed by atoms with E-state index in [4.69, 9.17) is 14.6 Å². The molecule has 5 nitrogen and oxygen atoms in total. The zero-order valence-electron chi connectivity index (χ0n) is 13.2. The van der Waals surface area contributed by atoms with Gasteiger partial charge in [-0.3, -0.25) is 4.68 Å². The number of nitrogens with one attached hydrogen (secondary N) is 1. The molecule has 0 aromatic carbocycles. The summed E-state index contributed by atoms with van der Waals surface area (Å²) >= 11 is 0. The van der Waals surface area contributed by atoms with Gasteiger partial charge in [0.1, 0.15) is 6.10 Å². The van der Waals surface area contributed by atoms with Crippen LogP contribution in [-0.2, 0) is 22.4 Å². The fraction of sp³-hybridized carbons (Fsp3) is 0.812. The van der Waals surface area contributed by atoms with Gasteiger partial charge >= 0.3 is 0 Å². The number of nitrogens with zero attached hydrogens (tertiary/aromatic N) is 2. The summed E-state index contributed by atoms with van der Waals surface area (Å²) in [4.78, 5) is 0. The lowest BCUT2D eigenvalue weighted by atomic mass is 10.0. The minimum absolute atomic E-state index is 0.104. The van der Waals surface area contributed by atoms with Crippen molar-refractivity contribution in [2.45, 2.75) is 51.8 Å². The number of hydrogen-bond acceptors (Lipinski definition) is 4. The molecule has 0 spiro atoms. The van der Waals surface area contributed by atoms with Gasteiger partial charge in [0.05, 0.1) is 12.3 Å². The highest BCUT2D eigenvalue weighted by Gasteiger charge is 2.25. The molecule has 118 valence electrons. The van der Waals surface area contributed by atoms with Crippen molar-refractivity contribution in [3.63, 3.8) is 0 Å². The molecule has 0 saturated carbocycles. The van der Waals surface area contributed by atoms with Crippen molar-refractivity contribution in [2.24, 2.45) is 5.92 Å². The van der Waals surface area contributed by atoms with E-state index in [0.29, 0.717) is 12.0 Å². The van der Waals surface area contributed by atoms with Crippen LogP contribution in [0.25, 0.3) is 0 Å². The molecule has 2 aliphatic heterocycles. The smallest absolute Gasteiger partial charge is 0.114 e. The molecule has 0 amide bonds. The van der Waals surface area contributed by atoms with Gasteiger partial charge < -0.3 is 14.8 Å². The number of aromatic nitrogens is 2. The van der Waals surface area contributed by atoms with Crippen LogP contribution in [0.4, 0.5) is 0 Å². The minimum atomic E-state index is 0.104. The molecule has 3 rings (SSSR count). The molecular formula is C16H27N3O2. The second kappa shape index (κ2) is 6.90. The molecule has 0 radical (unpaired) electrons. The SMILES string of the molecule is CC(C)NCC1OCCc2cn(CC3CCOCC3)nc21. The fourth-order valence-corrected chi connectivity index (χ4v) is 3.12. The van der Waals surface area contributed by atoms with E-state index in [9.17, 15) is 0 Å². The maximum absolute atomic E-state index is 5.90. The Labute approximate surface area is 127 Å². The Morgan fingerprint density at radius 3 is 2.90 bits per heavy atom. The first-order chi connectivity index (χ1) is 10.2. The van der Waals surface area contributed by atoms with Gasteiger partial charge in [0.25, 0.3) is 0 Å². The van der Waals surface area contributed by atoms with E-state index < -0.39 is 0 Å². The maximum atomic E-state index is 5.90. The topological polar surface area (TPSA) is 48.3 Å².